The van der Waals surface area contributed by atoms with E-state index in [0.29, 0.717) is 12.6 Å². The second-order valence-corrected chi connectivity index (χ2v) is 14.8. The summed E-state index contributed by atoms with van der Waals surface area (Å²) in [5.74, 6) is 0.0154. The van der Waals surface area contributed by atoms with E-state index in [9.17, 15) is 35.1 Å². The Kier molecular flexibility index (Phi) is 8.72. The van der Waals surface area contributed by atoms with E-state index in [-0.39, 0.29) is 48.4 Å². The predicted molar refractivity (Wildman–Crippen MR) is 138 cm³/mol. The van der Waals surface area contributed by atoms with Crippen molar-refractivity contribution in [1.29, 1.82) is 0 Å². The molecule has 37 heavy (non-hydrogen) atoms. The molecule has 1 N–H and O–H groups in total. The van der Waals surface area contributed by atoms with E-state index in [1.54, 1.807) is 11.4 Å². The molecule has 8 nitrogen and oxygen atoms in total. The minimum Gasteiger partial charge on any atom is -0.376 e. The average Bonchev–Trinajstić information content (AvgIpc) is 3.33. The summed E-state index contributed by atoms with van der Waals surface area (Å²) in [5, 5.41) is 11.7. The maximum Gasteiger partial charge on any atom is 0.421 e. The highest BCUT2D eigenvalue weighted by atomic mass is 32.2. The van der Waals surface area contributed by atoms with Crippen molar-refractivity contribution in [2.45, 2.75) is 42.8 Å². The number of piperazine rings is 1. The van der Waals surface area contributed by atoms with Crippen LogP contribution < -0.4 is 4.90 Å². The number of hydrogen-bond donors (Lipinski definition) is 1. The van der Waals surface area contributed by atoms with Crippen LogP contribution in [-0.2, 0) is 25.6 Å². The van der Waals surface area contributed by atoms with Gasteiger partial charge in [-0.1, -0.05) is 32.0 Å². The van der Waals surface area contributed by atoms with E-state index in [4.69, 9.17) is 0 Å². The van der Waals surface area contributed by atoms with Gasteiger partial charge >= 0.3 is 6.18 Å². The van der Waals surface area contributed by atoms with Crippen LogP contribution in [-0.4, -0.2) is 81.8 Å². The first-order valence-corrected chi connectivity index (χ1v) is 15.8. The van der Waals surface area contributed by atoms with Gasteiger partial charge in [-0.2, -0.15) is 21.8 Å². The highest BCUT2D eigenvalue weighted by molar-refractivity contribution is 7.91. The van der Waals surface area contributed by atoms with Gasteiger partial charge in [-0.25, -0.2) is 16.8 Å². The molecule has 3 rings (SSSR count). The lowest BCUT2D eigenvalue weighted by molar-refractivity contribution is -0.258. The molecule has 0 aliphatic carbocycles. The maximum atomic E-state index is 13.3. The Bertz CT molecular complexity index is 1260. The third-order valence-electron chi connectivity index (χ3n) is 6.30. The van der Waals surface area contributed by atoms with Crippen molar-refractivity contribution in [1.82, 2.24) is 8.61 Å². The molecule has 1 aliphatic heterocycles. The number of rotatable bonds is 9. The Morgan fingerprint density at radius 2 is 1.73 bits per heavy atom. The monoisotopic (exact) mass is 583 g/mol. The van der Waals surface area contributed by atoms with Crippen LogP contribution in [0.4, 0.5) is 18.9 Å². The van der Waals surface area contributed by atoms with Crippen molar-refractivity contribution in [3.63, 3.8) is 0 Å². The third kappa shape index (κ3) is 6.66. The Balaban J connectivity index is 1.96. The minimum absolute atomic E-state index is 0.00447. The summed E-state index contributed by atoms with van der Waals surface area (Å²) in [5.41, 5.74) is -2.88. The zero-order chi connectivity index (χ0) is 27.8. The molecule has 0 spiro atoms. The van der Waals surface area contributed by atoms with Crippen molar-refractivity contribution in [3.05, 3.63) is 47.3 Å². The van der Waals surface area contributed by atoms with Gasteiger partial charge in [0.05, 0.1) is 12.3 Å². The van der Waals surface area contributed by atoms with Gasteiger partial charge in [0.2, 0.25) is 10.0 Å². The zero-order valence-corrected chi connectivity index (χ0v) is 23.5. The largest absolute Gasteiger partial charge is 0.421 e. The molecule has 1 saturated heterocycles. The molecular formula is C23H32F3N3O5S3. The van der Waals surface area contributed by atoms with Crippen LogP contribution in [0.25, 0.3) is 0 Å². The summed E-state index contributed by atoms with van der Waals surface area (Å²) >= 11 is 1.09. The molecule has 2 heterocycles. The minimum atomic E-state index is -4.87. The van der Waals surface area contributed by atoms with Gasteiger partial charge in [-0.15, -0.1) is 11.3 Å². The number of thiophene rings is 1. The lowest BCUT2D eigenvalue weighted by Crippen LogP contribution is -2.59. The van der Waals surface area contributed by atoms with Gasteiger partial charge in [0.1, 0.15) is 4.21 Å². The number of nitrogens with zero attached hydrogens (tertiary/aromatic N) is 3. The molecule has 2 atom stereocenters. The molecular weight excluding hydrogens is 551 g/mol. The Morgan fingerprint density at radius 3 is 2.22 bits per heavy atom. The average molecular weight is 584 g/mol. The smallest absolute Gasteiger partial charge is 0.376 e. The second kappa shape index (κ2) is 10.8. The topological polar surface area (TPSA) is 98.2 Å². The molecule has 1 aliphatic rings. The fourth-order valence-corrected chi connectivity index (χ4v) is 7.83. The maximum absolute atomic E-state index is 13.3. The van der Waals surface area contributed by atoms with E-state index in [1.807, 2.05) is 18.7 Å². The summed E-state index contributed by atoms with van der Waals surface area (Å²) in [6.07, 6.45) is -3.78. The van der Waals surface area contributed by atoms with Gasteiger partial charge in [-0.05, 0) is 42.0 Å². The summed E-state index contributed by atoms with van der Waals surface area (Å²) in [4.78, 5) is 1.81. The van der Waals surface area contributed by atoms with E-state index in [1.165, 1.54) is 38.9 Å². The van der Waals surface area contributed by atoms with Crippen molar-refractivity contribution in [3.8, 4) is 0 Å². The molecule has 2 aromatic rings. The molecule has 1 aromatic heterocycles. The number of alkyl halides is 3. The number of hydrogen-bond acceptors (Lipinski definition) is 7. The van der Waals surface area contributed by atoms with Crippen LogP contribution in [0.5, 0.6) is 0 Å². The third-order valence-corrected chi connectivity index (χ3v) is 10.8. The molecule has 1 unspecified atom stereocenters. The fourth-order valence-electron chi connectivity index (χ4n) is 4.21. The lowest BCUT2D eigenvalue weighted by Gasteiger charge is -2.43. The van der Waals surface area contributed by atoms with Crippen molar-refractivity contribution >= 4 is 37.1 Å². The molecule has 0 amide bonds. The number of anilines is 1. The van der Waals surface area contributed by atoms with Crippen LogP contribution in [0.1, 0.15) is 26.3 Å². The van der Waals surface area contributed by atoms with Crippen LogP contribution >= 0.6 is 11.3 Å². The molecule has 208 valence electrons. The molecule has 0 bridgehead atoms. The highest BCUT2D eigenvalue weighted by Gasteiger charge is 2.51. The molecule has 0 radical (unpaired) electrons. The van der Waals surface area contributed by atoms with Gasteiger partial charge in [0.15, 0.2) is 5.60 Å². The van der Waals surface area contributed by atoms with Crippen LogP contribution in [0.2, 0.25) is 0 Å². The van der Waals surface area contributed by atoms with Crippen LogP contribution in [0.3, 0.4) is 0 Å². The van der Waals surface area contributed by atoms with Crippen molar-refractivity contribution < 1.29 is 35.1 Å². The standard InChI is InChI=1S/C23H32F3N3O5S3/c1-17(2)14-28(36(4,31)32)16-20-15-27(37(33,34)21-6-5-13-35-21)11-12-29(20)19-9-7-18(8-10-19)22(3,30)23(24,25)26/h5-10,13,17,20,30H,11-12,14-16H2,1-4H3/t20-,22?/m1/s1. The first-order chi connectivity index (χ1) is 16.9. The lowest BCUT2D eigenvalue weighted by atomic mass is 9.95. The Morgan fingerprint density at radius 1 is 1.11 bits per heavy atom. The van der Waals surface area contributed by atoms with E-state index in [2.05, 4.69) is 0 Å². The summed E-state index contributed by atoms with van der Waals surface area (Å²) < 4.78 is 94.1. The van der Waals surface area contributed by atoms with E-state index >= 15 is 0 Å². The van der Waals surface area contributed by atoms with Gasteiger partial charge in [-0.3, -0.25) is 0 Å². The number of halogens is 3. The molecule has 0 saturated carbocycles. The normalized spacial score (nSPS) is 19.9. The van der Waals surface area contributed by atoms with Gasteiger partial charge in [0, 0.05) is 38.4 Å². The zero-order valence-electron chi connectivity index (χ0n) is 21.0. The highest BCUT2D eigenvalue weighted by Crippen LogP contribution is 2.39. The van der Waals surface area contributed by atoms with Crippen molar-refractivity contribution in [2.75, 3.05) is 43.9 Å². The predicted octanol–water partition coefficient (Wildman–Crippen LogP) is 3.32. The molecule has 14 heteroatoms. The number of aliphatic hydroxyl groups is 1. The molecule has 1 fully saturated rings. The number of sulfonamides is 2. The van der Waals surface area contributed by atoms with E-state index < -0.39 is 37.9 Å². The second-order valence-electron chi connectivity index (χ2n) is 9.73. The first-order valence-electron chi connectivity index (χ1n) is 11.6. The Labute approximate surface area is 220 Å². The van der Waals surface area contributed by atoms with Gasteiger partial charge < -0.3 is 10.0 Å². The fraction of sp³-hybridized carbons (Fsp3) is 0.565. The molecule has 1 aromatic carbocycles. The van der Waals surface area contributed by atoms with Crippen LogP contribution in [0, 0.1) is 5.92 Å². The van der Waals surface area contributed by atoms with Gasteiger partial charge in [0.25, 0.3) is 10.0 Å². The SMILES string of the molecule is CC(C)CN(C[C@H]1CN(S(=O)(=O)c2cccs2)CCN1c1ccc(C(C)(O)C(F)(F)F)cc1)S(C)(=O)=O. The number of benzene rings is 1. The quantitative estimate of drug-likeness (QED) is 0.487. The first kappa shape index (κ1) is 29.8. The Hall–Kier alpha value is -1.71. The van der Waals surface area contributed by atoms with E-state index in [0.717, 1.165) is 17.6 Å². The summed E-state index contributed by atoms with van der Waals surface area (Å²) in [6, 6.07) is 7.75. The van der Waals surface area contributed by atoms with Crippen LogP contribution in [0.15, 0.2) is 46.0 Å². The summed E-state index contributed by atoms with van der Waals surface area (Å²) in [7, 11) is -7.42. The van der Waals surface area contributed by atoms with Crippen molar-refractivity contribution in [2.24, 2.45) is 5.92 Å². The summed E-state index contributed by atoms with van der Waals surface area (Å²) in [6.45, 7) is 4.95.